The molecule has 1 aliphatic heterocycles. The third-order valence-electron chi connectivity index (χ3n) is 3.77. The number of hydrogen-bond donors (Lipinski definition) is 1. The van der Waals surface area contributed by atoms with Gasteiger partial charge in [-0.25, -0.2) is 4.79 Å². The standard InChI is InChI=1S/C15H19N3O.C2HF3O2/c1-3-7-13(8-4-1)11-14-16-15(19-17-14)12-18-9-5-2-6-10-18;3-2(4,5)1(6)7/h1,3-4,7-8H,2,5-6,9-12H2;(H,6,7). The largest absolute Gasteiger partial charge is 0.490 e. The number of nitrogens with zero attached hydrogens (tertiary/aromatic N) is 3. The molecule has 0 radical (unpaired) electrons. The van der Waals surface area contributed by atoms with Gasteiger partial charge in [0.2, 0.25) is 5.89 Å². The van der Waals surface area contributed by atoms with Crippen LogP contribution in [0.4, 0.5) is 13.2 Å². The van der Waals surface area contributed by atoms with Gasteiger partial charge < -0.3 is 9.63 Å². The molecule has 0 bridgehead atoms. The normalized spacial score (nSPS) is 15.2. The van der Waals surface area contributed by atoms with Gasteiger partial charge in [-0.2, -0.15) is 18.2 Å². The van der Waals surface area contributed by atoms with Crippen molar-refractivity contribution in [2.45, 2.75) is 38.4 Å². The van der Waals surface area contributed by atoms with E-state index >= 15 is 0 Å². The van der Waals surface area contributed by atoms with Crippen LogP contribution in [0.15, 0.2) is 34.9 Å². The summed E-state index contributed by atoms with van der Waals surface area (Å²) in [5.74, 6) is -1.24. The van der Waals surface area contributed by atoms with Gasteiger partial charge in [-0.05, 0) is 31.5 Å². The van der Waals surface area contributed by atoms with Gasteiger partial charge in [-0.3, -0.25) is 4.90 Å². The summed E-state index contributed by atoms with van der Waals surface area (Å²) in [6.07, 6.45) is -0.431. The fraction of sp³-hybridized carbons (Fsp3) is 0.471. The summed E-state index contributed by atoms with van der Waals surface area (Å²) in [4.78, 5) is 15.8. The molecule has 9 heteroatoms. The Balaban J connectivity index is 0.000000298. The molecule has 0 amide bonds. The summed E-state index contributed by atoms with van der Waals surface area (Å²) >= 11 is 0. The molecular weight excluding hydrogens is 351 g/mol. The lowest BCUT2D eigenvalue weighted by atomic mass is 10.1. The average Bonchev–Trinajstić information content (AvgIpc) is 3.03. The maximum absolute atomic E-state index is 10.6. The average molecular weight is 371 g/mol. The third kappa shape index (κ3) is 6.83. The van der Waals surface area contributed by atoms with E-state index in [9.17, 15) is 13.2 Å². The topological polar surface area (TPSA) is 79.5 Å². The second kappa shape index (κ2) is 9.33. The minimum atomic E-state index is -5.08. The maximum atomic E-state index is 10.6. The first-order valence-electron chi connectivity index (χ1n) is 8.22. The Hall–Kier alpha value is -2.42. The number of likely N-dealkylation sites (tertiary alicyclic amines) is 1. The van der Waals surface area contributed by atoms with Crippen LogP contribution in [-0.2, 0) is 17.8 Å². The first-order chi connectivity index (χ1) is 12.3. The van der Waals surface area contributed by atoms with Crippen LogP contribution in [0.5, 0.6) is 0 Å². The van der Waals surface area contributed by atoms with Crippen LogP contribution in [0.2, 0.25) is 0 Å². The zero-order valence-electron chi connectivity index (χ0n) is 14.1. The zero-order chi connectivity index (χ0) is 19.0. The summed E-state index contributed by atoms with van der Waals surface area (Å²) < 4.78 is 37.1. The van der Waals surface area contributed by atoms with Crippen molar-refractivity contribution in [3.63, 3.8) is 0 Å². The van der Waals surface area contributed by atoms with Crippen LogP contribution in [0.25, 0.3) is 0 Å². The SMILES string of the molecule is O=C(O)C(F)(F)F.c1ccc(Cc2noc(CN3CCCCC3)n2)cc1. The van der Waals surface area contributed by atoms with E-state index in [0.29, 0.717) is 0 Å². The van der Waals surface area contributed by atoms with Gasteiger partial charge in [0.1, 0.15) is 0 Å². The molecular formula is C17H20F3N3O3. The van der Waals surface area contributed by atoms with E-state index in [0.717, 1.165) is 37.8 Å². The molecule has 142 valence electrons. The Bertz CT molecular complexity index is 683. The summed E-state index contributed by atoms with van der Waals surface area (Å²) in [7, 11) is 0. The number of carboxylic acid groups (broad SMARTS) is 1. The number of halogens is 3. The lowest BCUT2D eigenvalue weighted by Crippen LogP contribution is -2.29. The molecule has 1 saturated heterocycles. The predicted octanol–water partition coefficient (Wildman–Crippen LogP) is 3.28. The number of hydrogen-bond acceptors (Lipinski definition) is 5. The minimum absolute atomic E-state index is 0.740. The number of rotatable bonds is 4. The van der Waals surface area contributed by atoms with Crippen molar-refractivity contribution in [1.29, 1.82) is 0 Å². The van der Waals surface area contributed by atoms with Gasteiger partial charge in [0, 0.05) is 6.42 Å². The van der Waals surface area contributed by atoms with Gasteiger partial charge in [0.25, 0.3) is 0 Å². The van der Waals surface area contributed by atoms with E-state index in [1.165, 1.54) is 24.8 Å². The van der Waals surface area contributed by atoms with Crippen LogP contribution >= 0.6 is 0 Å². The first kappa shape index (κ1) is 19.9. The van der Waals surface area contributed by atoms with E-state index in [4.69, 9.17) is 14.4 Å². The number of benzene rings is 1. The molecule has 0 atom stereocenters. The van der Waals surface area contributed by atoms with Crippen molar-refractivity contribution in [2.75, 3.05) is 13.1 Å². The first-order valence-corrected chi connectivity index (χ1v) is 8.22. The molecule has 1 aliphatic rings. The highest BCUT2D eigenvalue weighted by Gasteiger charge is 2.38. The number of aromatic nitrogens is 2. The molecule has 0 spiro atoms. The predicted molar refractivity (Wildman–Crippen MR) is 86.4 cm³/mol. The quantitative estimate of drug-likeness (QED) is 0.889. The number of aliphatic carboxylic acids is 1. The zero-order valence-corrected chi connectivity index (χ0v) is 14.1. The number of piperidine rings is 1. The lowest BCUT2D eigenvalue weighted by Gasteiger charge is -2.24. The molecule has 2 aromatic rings. The second-order valence-corrected chi connectivity index (χ2v) is 5.91. The highest BCUT2D eigenvalue weighted by atomic mass is 19.4. The Morgan fingerprint density at radius 3 is 2.35 bits per heavy atom. The van der Waals surface area contributed by atoms with Gasteiger partial charge in [0.05, 0.1) is 6.54 Å². The van der Waals surface area contributed by atoms with E-state index in [1.807, 2.05) is 18.2 Å². The molecule has 0 unspecified atom stereocenters. The highest BCUT2D eigenvalue weighted by Crippen LogP contribution is 2.14. The molecule has 1 aromatic carbocycles. The molecule has 26 heavy (non-hydrogen) atoms. The van der Waals surface area contributed by atoms with E-state index in [-0.39, 0.29) is 0 Å². The molecule has 0 aliphatic carbocycles. The van der Waals surface area contributed by atoms with Crippen LogP contribution in [0.1, 0.15) is 36.5 Å². The minimum Gasteiger partial charge on any atom is -0.475 e. The van der Waals surface area contributed by atoms with Crippen molar-refractivity contribution in [3.8, 4) is 0 Å². The fourth-order valence-corrected chi connectivity index (χ4v) is 2.51. The molecule has 0 saturated carbocycles. The summed E-state index contributed by atoms with van der Waals surface area (Å²) in [6, 6.07) is 10.2. The fourth-order valence-electron chi connectivity index (χ4n) is 2.51. The van der Waals surface area contributed by atoms with Gasteiger partial charge in [-0.1, -0.05) is 41.9 Å². The lowest BCUT2D eigenvalue weighted by molar-refractivity contribution is -0.192. The molecule has 6 nitrogen and oxygen atoms in total. The van der Waals surface area contributed by atoms with Gasteiger partial charge in [0.15, 0.2) is 5.82 Å². The van der Waals surface area contributed by atoms with Crippen molar-refractivity contribution in [1.82, 2.24) is 15.0 Å². The van der Waals surface area contributed by atoms with E-state index in [1.54, 1.807) is 0 Å². The molecule has 1 aromatic heterocycles. The number of alkyl halides is 3. The van der Waals surface area contributed by atoms with Crippen LogP contribution in [0.3, 0.4) is 0 Å². The molecule has 1 N–H and O–H groups in total. The number of carbonyl (C=O) groups is 1. The number of carboxylic acids is 1. The van der Waals surface area contributed by atoms with Crippen LogP contribution in [0, 0.1) is 0 Å². The Kier molecular flexibility index (Phi) is 7.14. The van der Waals surface area contributed by atoms with E-state index < -0.39 is 12.1 Å². The highest BCUT2D eigenvalue weighted by molar-refractivity contribution is 5.73. The van der Waals surface area contributed by atoms with E-state index in [2.05, 4.69) is 27.2 Å². The van der Waals surface area contributed by atoms with Crippen molar-refractivity contribution in [2.24, 2.45) is 0 Å². The molecule has 2 heterocycles. The monoisotopic (exact) mass is 371 g/mol. The van der Waals surface area contributed by atoms with Gasteiger partial charge in [-0.15, -0.1) is 0 Å². The smallest absolute Gasteiger partial charge is 0.475 e. The Labute approximate surface area is 148 Å². The van der Waals surface area contributed by atoms with Crippen LogP contribution in [-0.4, -0.2) is 45.4 Å². The van der Waals surface area contributed by atoms with Crippen molar-refractivity contribution >= 4 is 5.97 Å². The van der Waals surface area contributed by atoms with Crippen molar-refractivity contribution < 1.29 is 27.6 Å². The summed E-state index contributed by atoms with van der Waals surface area (Å²) in [6.45, 7) is 3.09. The molecule has 1 fully saturated rings. The van der Waals surface area contributed by atoms with Crippen molar-refractivity contribution in [3.05, 3.63) is 47.6 Å². The molecule has 3 rings (SSSR count). The Morgan fingerprint density at radius 1 is 1.15 bits per heavy atom. The summed E-state index contributed by atoms with van der Waals surface area (Å²) in [5.41, 5.74) is 1.22. The maximum Gasteiger partial charge on any atom is 0.490 e. The third-order valence-corrected chi connectivity index (χ3v) is 3.77. The summed E-state index contributed by atoms with van der Waals surface area (Å²) in [5, 5.41) is 11.2. The van der Waals surface area contributed by atoms with Gasteiger partial charge >= 0.3 is 12.1 Å². The Morgan fingerprint density at radius 2 is 1.77 bits per heavy atom. The second-order valence-electron chi connectivity index (χ2n) is 5.91. The van der Waals surface area contributed by atoms with Crippen LogP contribution < -0.4 is 0 Å².